The van der Waals surface area contributed by atoms with E-state index in [0.29, 0.717) is 12.1 Å². The molecule has 148 valence electrons. The van der Waals surface area contributed by atoms with E-state index in [1.165, 1.54) is 12.1 Å². The summed E-state index contributed by atoms with van der Waals surface area (Å²) in [5, 5.41) is 4.71. The lowest BCUT2D eigenvalue weighted by Gasteiger charge is -2.18. The number of halogens is 2. The Morgan fingerprint density at radius 2 is 1.72 bits per heavy atom. The number of benzene rings is 2. The Bertz CT molecular complexity index is 1010. The molecule has 5 nitrogen and oxygen atoms in total. The summed E-state index contributed by atoms with van der Waals surface area (Å²) < 4.78 is 27.0. The van der Waals surface area contributed by atoms with Gasteiger partial charge in [-0.3, -0.25) is 14.6 Å². The Hall–Kier alpha value is -3.61. The Kier molecular flexibility index (Phi) is 6.29. The van der Waals surface area contributed by atoms with Gasteiger partial charge in [0, 0.05) is 6.20 Å². The summed E-state index contributed by atoms with van der Waals surface area (Å²) in [6.45, 7) is 1.97. The van der Waals surface area contributed by atoms with Crippen LogP contribution in [0.4, 0.5) is 14.5 Å². The lowest BCUT2D eigenvalue weighted by molar-refractivity contribution is -0.136. The molecule has 0 fully saturated rings. The van der Waals surface area contributed by atoms with Gasteiger partial charge in [0.05, 0.1) is 17.4 Å². The first kappa shape index (κ1) is 20.1. The maximum Gasteiger partial charge on any atom is 0.313 e. The van der Waals surface area contributed by atoms with Crippen molar-refractivity contribution in [2.45, 2.75) is 19.4 Å². The highest BCUT2D eigenvalue weighted by Crippen LogP contribution is 2.19. The fourth-order valence-electron chi connectivity index (χ4n) is 2.77. The van der Waals surface area contributed by atoms with E-state index in [0.717, 1.165) is 17.2 Å². The van der Waals surface area contributed by atoms with Crippen LogP contribution in [0.3, 0.4) is 0 Å². The van der Waals surface area contributed by atoms with Crippen LogP contribution >= 0.6 is 0 Å². The van der Waals surface area contributed by atoms with Gasteiger partial charge in [0.15, 0.2) is 11.6 Å². The summed E-state index contributed by atoms with van der Waals surface area (Å²) in [6.07, 6.45) is 2.00. The van der Waals surface area contributed by atoms with Crippen LogP contribution in [0, 0.1) is 18.6 Å². The van der Waals surface area contributed by atoms with E-state index in [-0.39, 0.29) is 0 Å². The minimum atomic E-state index is -1.23. The molecule has 0 spiro atoms. The SMILES string of the molecule is Cc1ccc(CC(NC(=O)C(=O)Nc2cccc(F)c2F)c2ccccn2)cc1. The molecule has 0 aliphatic heterocycles. The van der Waals surface area contributed by atoms with Crippen molar-refractivity contribution in [1.82, 2.24) is 10.3 Å². The van der Waals surface area contributed by atoms with Crippen LogP contribution in [0.1, 0.15) is 22.9 Å². The molecule has 0 radical (unpaired) electrons. The molecule has 2 aromatic carbocycles. The number of anilines is 1. The molecule has 29 heavy (non-hydrogen) atoms. The molecule has 2 amide bonds. The normalized spacial score (nSPS) is 11.6. The number of hydrogen-bond donors (Lipinski definition) is 2. The van der Waals surface area contributed by atoms with Gasteiger partial charge in [-0.25, -0.2) is 8.78 Å². The monoisotopic (exact) mass is 395 g/mol. The molecule has 2 N–H and O–H groups in total. The molecule has 0 aliphatic rings. The largest absolute Gasteiger partial charge is 0.339 e. The second-order valence-corrected chi connectivity index (χ2v) is 6.53. The molecule has 3 rings (SSSR count). The molecule has 0 bridgehead atoms. The summed E-state index contributed by atoms with van der Waals surface area (Å²) in [5.41, 5.74) is 2.22. The molecule has 1 heterocycles. The Morgan fingerprint density at radius 3 is 2.41 bits per heavy atom. The van der Waals surface area contributed by atoms with Crippen LogP contribution in [0.15, 0.2) is 66.9 Å². The van der Waals surface area contributed by atoms with Gasteiger partial charge in [-0.1, -0.05) is 42.0 Å². The first-order valence-corrected chi connectivity index (χ1v) is 8.96. The molecule has 1 aromatic heterocycles. The zero-order valence-corrected chi connectivity index (χ0v) is 15.7. The maximum absolute atomic E-state index is 13.7. The zero-order chi connectivity index (χ0) is 20.8. The van der Waals surface area contributed by atoms with Crippen molar-refractivity contribution in [3.63, 3.8) is 0 Å². The molecule has 3 aromatic rings. The summed E-state index contributed by atoms with van der Waals surface area (Å²) in [5.74, 6) is -4.42. The Morgan fingerprint density at radius 1 is 0.966 bits per heavy atom. The van der Waals surface area contributed by atoms with Gasteiger partial charge in [-0.15, -0.1) is 0 Å². The third-order valence-electron chi connectivity index (χ3n) is 4.32. The Labute approximate surface area is 166 Å². The van der Waals surface area contributed by atoms with Crippen LogP contribution in [-0.2, 0) is 16.0 Å². The van der Waals surface area contributed by atoms with E-state index in [1.807, 2.05) is 31.2 Å². The fraction of sp³-hybridized carbons (Fsp3) is 0.136. The highest BCUT2D eigenvalue weighted by atomic mass is 19.2. The number of aryl methyl sites for hydroxylation is 1. The van der Waals surface area contributed by atoms with Crippen molar-refractivity contribution in [1.29, 1.82) is 0 Å². The van der Waals surface area contributed by atoms with Crippen molar-refractivity contribution in [2.75, 3.05) is 5.32 Å². The van der Waals surface area contributed by atoms with Gasteiger partial charge < -0.3 is 10.6 Å². The lowest BCUT2D eigenvalue weighted by Crippen LogP contribution is -2.39. The average molecular weight is 395 g/mol. The molecular formula is C22H19F2N3O2. The highest BCUT2D eigenvalue weighted by molar-refractivity contribution is 6.39. The minimum Gasteiger partial charge on any atom is -0.339 e. The van der Waals surface area contributed by atoms with Gasteiger partial charge in [-0.2, -0.15) is 0 Å². The first-order valence-electron chi connectivity index (χ1n) is 8.96. The van der Waals surface area contributed by atoms with Crippen molar-refractivity contribution in [3.05, 3.63) is 95.3 Å². The van der Waals surface area contributed by atoms with Crippen LogP contribution in [-0.4, -0.2) is 16.8 Å². The molecule has 0 saturated carbocycles. The predicted molar refractivity (Wildman–Crippen MR) is 105 cm³/mol. The minimum absolute atomic E-state index is 0.405. The third-order valence-corrected chi connectivity index (χ3v) is 4.32. The number of nitrogens with one attached hydrogen (secondary N) is 2. The van der Waals surface area contributed by atoms with E-state index in [1.54, 1.807) is 24.4 Å². The lowest BCUT2D eigenvalue weighted by atomic mass is 10.0. The molecule has 0 saturated heterocycles. The van der Waals surface area contributed by atoms with Gasteiger partial charge in [-0.05, 0) is 43.2 Å². The van der Waals surface area contributed by atoms with Gasteiger partial charge in [0.25, 0.3) is 0 Å². The van der Waals surface area contributed by atoms with Crippen LogP contribution < -0.4 is 10.6 Å². The van der Waals surface area contributed by atoms with Gasteiger partial charge in [0.2, 0.25) is 0 Å². The van der Waals surface area contributed by atoms with E-state index in [9.17, 15) is 18.4 Å². The fourth-order valence-corrected chi connectivity index (χ4v) is 2.77. The third kappa shape index (κ3) is 5.22. The smallest absolute Gasteiger partial charge is 0.313 e. The summed E-state index contributed by atoms with van der Waals surface area (Å²) >= 11 is 0. The van der Waals surface area contributed by atoms with Crippen molar-refractivity contribution >= 4 is 17.5 Å². The number of amides is 2. The number of aromatic nitrogens is 1. The number of hydrogen-bond acceptors (Lipinski definition) is 3. The maximum atomic E-state index is 13.7. The predicted octanol–water partition coefficient (Wildman–Crippen LogP) is 3.71. The summed E-state index contributed by atoms with van der Waals surface area (Å²) in [4.78, 5) is 28.9. The topological polar surface area (TPSA) is 71.1 Å². The molecular weight excluding hydrogens is 376 g/mol. The second kappa shape index (κ2) is 9.05. The molecule has 0 aliphatic carbocycles. The average Bonchev–Trinajstić information content (AvgIpc) is 2.73. The van der Waals surface area contributed by atoms with Crippen molar-refractivity contribution in [2.24, 2.45) is 0 Å². The summed E-state index contributed by atoms with van der Waals surface area (Å²) in [7, 11) is 0. The Balaban J connectivity index is 1.75. The van der Waals surface area contributed by atoms with E-state index in [2.05, 4.69) is 15.6 Å². The van der Waals surface area contributed by atoms with E-state index >= 15 is 0 Å². The molecule has 1 atom stereocenters. The standard InChI is InChI=1S/C22H19F2N3O2/c1-14-8-10-15(11-9-14)13-19(17-6-2-3-12-25-17)27-22(29)21(28)26-18-7-4-5-16(23)20(18)24/h2-12,19H,13H2,1H3,(H,26,28)(H,27,29). The molecule has 1 unspecified atom stereocenters. The quantitative estimate of drug-likeness (QED) is 0.647. The van der Waals surface area contributed by atoms with Gasteiger partial charge in [0.1, 0.15) is 0 Å². The van der Waals surface area contributed by atoms with Crippen LogP contribution in [0.2, 0.25) is 0 Å². The van der Waals surface area contributed by atoms with E-state index in [4.69, 9.17) is 0 Å². The number of rotatable bonds is 5. The number of nitrogens with zero attached hydrogens (tertiary/aromatic N) is 1. The summed E-state index contributed by atoms with van der Waals surface area (Å²) in [6, 6.07) is 15.8. The number of pyridine rings is 1. The van der Waals surface area contributed by atoms with Gasteiger partial charge >= 0.3 is 11.8 Å². The van der Waals surface area contributed by atoms with Crippen molar-refractivity contribution in [3.8, 4) is 0 Å². The number of carbonyl (C=O) groups excluding carboxylic acids is 2. The van der Waals surface area contributed by atoms with Crippen molar-refractivity contribution < 1.29 is 18.4 Å². The zero-order valence-electron chi connectivity index (χ0n) is 15.7. The van der Waals surface area contributed by atoms with Crippen LogP contribution in [0.5, 0.6) is 0 Å². The molecule has 7 heteroatoms. The number of carbonyl (C=O) groups is 2. The first-order chi connectivity index (χ1) is 13.9. The van der Waals surface area contributed by atoms with Crippen LogP contribution in [0.25, 0.3) is 0 Å². The van der Waals surface area contributed by atoms with E-state index < -0.39 is 35.2 Å². The second-order valence-electron chi connectivity index (χ2n) is 6.53. The highest BCUT2D eigenvalue weighted by Gasteiger charge is 2.22.